The van der Waals surface area contributed by atoms with E-state index in [1.54, 1.807) is 0 Å². The molecule has 4 rings (SSSR count). The van der Waals surface area contributed by atoms with Crippen molar-refractivity contribution in [1.82, 2.24) is 13.9 Å². The number of halogens is 6. The molecule has 1 aliphatic heterocycles. The summed E-state index contributed by atoms with van der Waals surface area (Å²) in [6, 6.07) is 4.13. The molecule has 1 N–H and O–H groups in total. The Morgan fingerprint density at radius 3 is 2.50 bits per heavy atom. The average Bonchev–Trinajstić information content (AvgIpc) is 2.85. The zero-order valence-electron chi connectivity index (χ0n) is 20.5. The molecule has 0 atom stereocenters. The third kappa shape index (κ3) is 5.54. The molecule has 40 heavy (non-hydrogen) atoms. The minimum Gasteiger partial charge on any atom is -0.384 e. The molecule has 2 heterocycles. The SMILES string of the molecule is COCC1CN(S(=O)(=O)N(OC(=O)C(F)(F)F)c2ccc(F)c(Nc3ccc4ncn(C)c(=O)c4c3Cl)c2Cl)C1. The number of fused-ring (bicyclic) bond motifs is 1. The number of hydrogen-bond acceptors (Lipinski definition) is 8. The van der Waals surface area contributed by atoms with Gasteiger partial charge in [0.15, 0.2) is 0 Å². The van der Waals surface area contributed by atoms with Crippen LogP contribution >= 0.6 is 23.2 Å². The van der Waals surface area contributed by atoms with Crippen molar-refractivity contribution >= 4 is 67.3 Å². The summed E-state index contributed by atoms with van der Waals surface area (Å²) in [6.45, 7) is -0.142. The number of nitrogens with one attached hydrogen (secondary N) is 1. The Balaban J connectivity index is 1.79. The summed E-state index contributed by atoms with van der Waals surface area (Å²) in [4.78, 5) is 32.6. The van der Waals surface area contributed by atoms with E-state index in [0.29, 0.717) is 6.07 Å². The highest BCUT2D eigenvalue weighted by Crippen LogP contribution is 2.41. The average molecular weight is 628 g/mol. The molecule has 1 saturated heterocycles. The number of methoxy groups -OCH3 is 1. The van der Waals surface area contributed by atoms with E-state index in [2.05, 4.69) is 15.1 Å². The Labute approximate surface area is 233 Å². The number of aromatic nitrogens is 2. The summed E-state index contributed by atoms with van der Waals surface area (Å²) in [7, 11) is -2.13. The number of rotatable bonds is 8. The zero-order chi connectivity index (χ0) is 29.6. The minimum atomic E-state index is -5.58. The maximum Gasteiger partial charge on any atom is 0.493 e. The summed E-state index contributed by atoms with van der Waals surface area (Å²) in [5.74, 6) is -4.20. The summed E-state index contributed by atoms with van der Waals surface area (Å²) in [5, 5.41) is 1.53. The molecule has 1 aliphatic rings. The Morgan fingerprint density at radius 1 is 1.20 bits per heavy atom. The molecule has 1 aromatic heterocycles. The Morgan fingerprint density at radius 2 is 1.88 bits per heavy atom. The van der Waals surface area contributed by atoms with E-state index < -0.39 is 50.1 Å². The van der Waals surface area contributed by atoms with Crippen LogP contribution < -0.4 is 15.3 Å². The molecule has 0 bridgehead atoms. The summed E-state index contributed by atoms with van der Waals surface area (Å²) in [5.41, 5.74) is -1.82. The van der Waals surface area contributed by atoms with Gasteiger partial charge in [-0.1, -0.05) is 27.7 Å². The molecule has 0 spiro atoms. The molecule has 0 amide bonds. The highest BCUT2D eigenvalue weighted by Gasteiger charge is 2.48. The highest BCUT2D eigenvalue weighted by molar-refractivity contribution is 7.90. The Hall–Kier alpha value is -3.18. The van der Waals surface area contributed by atoms with Crippen LogP contribution in [0.1, 0.15) is 0 Å². The van der Waals surface area contributed by atoms with Crippen molar-refractivity contribution in [3.05, 3.63) is 56.8 Å². The normalized spacial score (nSPS) is 14.7. The molecule has 1 fully saturated rings. The van der Waals surface area contributed by atoms with E-state index in [1.165, 1.54) is 32.6 Å². The van der Waals surface area contributed by atoms with Crippen LogP contribution in [0, 0.1) is 11.7 Å². The van der Waals surface area contributed by atoms with Crippen LogP contribution in [0.4, 0.5) is 34.6 Å². The van der Waals surface area contributed by atoms with Crippen LogP contribution in [-0.2, 0) is 31.6 Å². The zero-order valence-corrected chi connectivity index (χ0v) is 22.8. The molecule has 18 heteroatoms. The summed E-state index contributed by atoms with van der Waals surface area (Å²) >= 11 is 12.7. The standard InChI is InChI=1S/C22H19Cl2F4N5O6S/c1-31-10-29-13-4-5-14(17(23)16(13)20(31)34)30-19-12(25)3-6-15(18(19)24)33(39-21(35)22(26,27)28)40(36,37)32-7-11(8-32)9-38-2/h3-6,10-11,30H,7-9H2,1-2H3. The van der Waals surface area contributed by atoms with Crippen molar-refractivity contribution < 1.29 is 40.3 Å². The lowest BCUT2D eigenvalue weighted by molar-refractivity contribution is -0.199. The number of carbonyl (C=O) groups excluding carboxylic acids is 1. The van der Waals surface area contributed by atoms with Crippen molar-refractivity contribution in [2.45, 2.75) is 6.18 Å². The fourth-order valence-corrected chi connectivity index (χ4v) is 5.97. The van der Waals surface area contributed by atoms with Gasteiger partial charge in [-0.15, -0.1) is 0 Å². The fourth-order valence-electron chi connectivity index (χ4n) is 3.79. The molecule has 0 unspecified atom stereocenters. The second-order valence-corrected chi connectivity index (χ2v) is 11.1. The van der Waals surface area contributed by atoms with Gasteiger partial charge in [-0.25, -0.2) is 14.2 Å². The number of ether oxygens (including phenoxy) is 1. The summed E-state index contributed by atoms with van der Waals surface area (Å²) < 4.78 is 87.1. The van der Waals surface area contributed by atoms with E-state index in [-0.39, 0.29) is 51.7 Å². The maximum atomic E-state index is 14.9. The number of anilines is 3. The van der Waals surface area contributed by atoms with Crippen LogP contribution in [0.3, 0.4) is 0 Å². The van der Waals surface area contributed by atoms with Crippen molar-refractivity contribution in [3.8, 4) is 0 Å². The number of nitrogens with zero attached hydrogens (tertiary/aromatic N) is 4. The topological polar surface area (TPSA) is 123 Å². The Kier molecular flexibility index (Phi) is 8.20. The van der Waals surface area contributed by atoms with Gasteiger partial charge in [-0.05, 0) is 24.3 Å². The van der Waals surface area contributed by atoms with Crippen LogP contribution in [0.2, 0.25) is 10.0 Å². The van der Waals surface area contributed by atoms with Crippen molar-refractivity contribution in [3.63, 3.8) is 0 Å². The lowest BCUT2D eigenvalue weighted by Crippen LogP contribution is -2.57. The third-order valence-corrected chi connectivity index (χ3v) is 8.23. The van der Waals surface area contributed by atoms with E-state index in [1.807, 2.05) is 0 Å². The van der Waals surface area contributed by atoms with Gasteiger partial charge < -0.3 is 19.5 Å². The number of hydrogen-bond donors (Lipinski definition) is 1. The maximum absolute atomic E-state index is 14.9. The molecule has 216 valence electrons. The van der Waals surface area contributed by atoms with Crippen LogP contribution in [0.15, 0.2) is 35.4 Å². The first kappa shape index (κ1) is 29.8. The van der Waals surface area contributed by atoms with Gasteiger partial charge in [-0.3, -0.25) is 4.79 Å². The van der Waals surface area contributed by atoms with Gasteiger partial charge in [-0.2, -0.15) is 25.9 Å². The van der Waals surface area contributed by atoms with Gasteiger partial charge in [0.05, 0.1) is 45.3 Å². The van der Waals surface area contributed by atoms with Crippen LogP contribution in [0.5, 0.6) is 0 Å². The third-order valence-electron chi connectivity index (χ3n) is 5.81. The number of alkyl halides is 3. The van der Waals surface area contributed by atoms with Crippen molar-refractivity contribution in [2.75, 3.05) is 36.6 Å². The van der Waals surface area contributed by atoms with Crippen LogP contribution in [-0.4, -0.2) is 61.2 Å². The second kappa shape index (κ2) is 11.0. The molecule has 0 radical (unpaired) electrons. The lowest BCUT2D eigenvalue weighted by atomic mass is 10.1. The second-order valence-electron chi connectivity index (χ2n) is 8.61. The largest absolute Gasteiger partial charge is 0.493 e. The molecular weight excluding hydrogens is 609 g/mol. The minimum absolute atomic E-state index is 0.0314. The van der Waals surface area contributed by atoms with Crippen molar-refractivity contribution in [2.24, 2.45) is 13.0 Å². The van der Waals surface area contributed by atoms with Gasteiger partial charge in [0.2, 0.25) is 0 Å². The van der Waals surface area contributed by atoms with Crippen molar-refractivity contribution in [1.29, 1.82) is 0 Å². The quantitative estimate of drug-likeness (QED) is 0.296. The number of aryl methyl sites for hydroxylation is 1. The monoisotopic (exact) mass is 627 g/mol. The first-order chi connectivity index (χ1) is 18.7. The van der Waals surface area contributed by atoms with E-state index >= 15 is 0 Å². The number of benzene rings is 2. The van der Waals surface area contributed by atoms with Gasteiger partial charge >= 0.3 is 22.4 Å². The predicted octanol–water partition coefficient (Wildman–Crippen LogP) is 3.77. The molecular formula is C22H19Cl2F4N5O6S. The van der Waals surface area contributed by atoms with E-state index in [0.717, 1.165) is 14.9 Å². The van der Waals surface area contributed by atoms with Crippen LogP contribution in [0.25, 0.3) is 10.9 Å². The molecule has 2 aromatic carbocycles. The molecule has 3 aromatic rings. The van der Waals surface area contributed by atoms with E-state index in [9.17, 15) is 35.6 Å². The highest BCUT2D eigenvalue weighted by atomic mass is 35.5. The molecule has 0 saturated carbocycles. The first-order valence-electron chi connectivity index (χ1n) is 11.1. The summed E-state index contributed by atoms with van der Waals surface area (Å²) in [6.07, 6.45) is -4.31. The predicted molar refractivity (Wildman–Crippen MR) is 137 cm³/mol. The van der Waals surface area contributed by atoms with E-state index in [4.69, 9.17) is 27.9 Å². The van der Waals surface area contributed by atoms with Gasteiger partial charge in [0.25, 0.3) is 5.56 Å². The lowest BCUT2D eigenvalue weighted by Gasteiger charge is -2.40. The fraction of sp³-hybridized carbons (Fsp3) is 0.318. The van der Waals surface area contributed by atoms with Gasteiger partial charge in [0.1, 0.15) is 11.5 Å². The number of carbonyl (C=O) groups is 1. The Bertz CT molecular complexity index is 1650. The molecule has 0 aliphatic carbocycles. The van der Waals surface area contributed by atoms with Gasteiger partial charge in [0, 0.05) is 33.2 Å². The smallest absolute Gasteiger partial charge is 0.384 e. The first-order valence-corrected chi connectivity index (χ1v) is 13.3. The molecule has 11 nitrogen and oxygen atoms in total.